The Morgan fingerprint density at radius 2 is 2.05 bits per heavy atom. The molecule has 0 bridgehead atoms. The molecule has 2 unspecified atom stereocenters. The number of ether oxygens (including phenoxy) is 1. The average molecular weight is 300 g/mol. The zero-order valence-electron chi connectivity index (χ0n) is 12.3. The molecule has 0 aliphatic heterocycles. The highest BCUT2D eigenvalue weighted by molar-refractivity contribution is 6.30. The molecular formula is C15H22ClNO3. The number of hydrogen-bond donors (Lipinski definition) is 2. The molecule has 2 atom stereocenters. The Labute approximate surface area is 125 Å². The first-order valence-corrected chi connectivity index (χ1v) is 7.07. The lowest BCUT2D eigenvalue weighted by Gasteiger charge is -2.19. The van der Waals surface area contributed by atoms with Gasteiger partial charge in [0.2, 0.25) is 0 Å². The van der Waals surface area contributed by atoms with Crippen LogP contribution in [-0.2, 0) is 4.79 Å². The Kier molecular flexibility index (Phi) is 6.30. The van der Waals surface area contributed by atoms with Crippen LogP contribution in [-0.4, -0.2) is 29.8 Å². The number of amides is 1. The van der Waals surface area contributed by atoms with E-state index in [1.165, 1.54) is 0 Å². The molecule has 1 amide bonds. The second-order valence-electron chi connectivity index (χ2n) is 5.23. The highest BCUT2D eigenvalue weighted by Crippen LogP contribution is 2.22. The number of hydrogen-bond acceptors (Lipinski definition) is 3. The Hall–Kier alpha value is -1.26. The molecule has 0 fully saturated rings. The summed E-state index contributed by atoms with van der Waals surface area (Å²) in [5.74, 6) is 0.477. The third-order valence-electron chi connectivity index (χ3n) is 3.06. The maximum absolute atomic E-state index is 11.9. The third kappa shape index (κ3) is 5.02. The fraction of sp³-hybridized carbons (Fsp3) is 0.533. The number of halogens is 1. The number of aliphatic hydroxyl groups excluding tert-OH is 1. The SMILES string of the molecule is Cc1cc(Cl)ccc1OC(C)C(=O)NCC(O)C(C)C. The van der Waals surface area contributed by atoms with Crippen LogP contribution in [0.25, 0.3) is 0 Å². The van der Waals surface area contributed by atoms with E-state index in [2.05, 4.69) is 5.32 Å². The van der Waals surface area contributed by atoms with Gasteiger partial charge in [-0.1, -0.05) is 25.4 Å². The van der Waals surface area contributed by atoms with Crippen molar-refractivity contribution in [1.29, 1.82) is 0 Å². The van der Waals surface area contributed by atoms with Crippen LogP contribution in [0.5, 0.6) is 5.75 Å². The largest absolute Gasteiger partial charge is 0.481 e. The van der Waals surface area contributed by atoms with Crippen molar-refractivity contribution in [3.63, 3.8) is 0 Å². The van der Waals surface area contributed by atoms with Gasteiger partial charge in [-0.2, -0.15) is 0 Å². The lowest BCUT2D eigenvalue weighted by Crippen LogP contribution is -2.41. The zero-order chi connectivity index (χ0) is 15.3. The summed E-state index contributed by atoms with van der Waals surface area (Å²) in [5.41, 5.74) is 0.874. The molecular weight excluding hydrogens is 278 g/mol. The van der Waals surface area contributed by atoms with Gasteiger partial charge in [0.15, 0.2) is 6.10 Å². The van der Waals surface area contributed by atoms with Crippen molar-refractivity contribution in [1.82, 2.24) is 5.32 Å². The molecule has 2 N–H and O–H groups in total. The van der Waals surface area contributed by atoms with E-state index in [-0.39, 0.29) is 18.4 Å². The first kappa shape index (κ1) is 16.8. The summed E-state index contributed by atoms with van der Waals surface area (Å²) < 4.78 is 5.60. The number of benzene rings is 1. The van der Waals surface area contributed by atoms with Gasteiger partial charge in [0.05, 0.1) is 6.10 Å². The minimum atomic E-state index is -0.630. The molecule has 0 aliphatic carbocycles. The quantitative estimate of drug-likeness (QED) is 0.849. The van der Waals surface area contributed by atoms with E-state index in [1.54, 1.807) is 25.1 Å². The van der Waals surface area contributed by atoms with Gasteiger partial charge in [-0.25, -0.2) is 0 Å². The van der Waals surface area contributed by atoms with Crippen LogP contribution >= 0.6 is 11.6 Å². The molecule has 1 rings (SSSR count). The van der Waals surface area contributed by atoms with Gasteiger partial charge in [-0.05, 0) is 43.5 Å². The predicted octanol–water partition coefficient (Wildman–Crippen LogP) is 2.55. The van der Waals surface area contributed by atoms with Gasteiger partial charge in [0.25, 0.3) is 5.91 Å². The van der Waals surface area contributed by atoms with Crippen molar-refractivity contribution in [2.45, 2.75) is 39.9 Å². The summed E-state index contributed by atoms with van der Waals surface area (Å²) in [6.45, 7) is 7.56. The molecule has 0 aromatic heterocycles. The number of carbonyl (C=O) groups excluding carboxylic acids is 1. The molecule has 0 radical (unpaired) electrons. The van der Waals surface area contributed by atoms with Crippen LogP contribution in [0.4, 0.5) is 0 Å². The van der Waals surface area contributed by atoms with Crippen LogP contribution < -0.4 is 10.1 Å². The fourth-order valence-corrected chi connectivity index (χ4v) is 1.80. The van der Waals surface area contributed by atoms with Crippen molar-refractivity contribution >= 4 is 17.5 Å². The molecule has 0 saturated carbocycles. The maximum atomic E-state index is 11.9. The van der Waals surface area contributed by atoms with Gasteiger partial charge >= 0.3 is 0 Å². The molecule has 0 heterocycles. The molecule has 1 aromatic carbocycles. The van der Waals surface area contributed by atoms with Gasteiger partial charge < -0.3 is 15.2 Å². The van der Waals surface area contributed by atoms with E-state index in [4.69, 9.17) is 16.3 Å². The van der Waals surface area contributed by atoms with Crippen molar-refractivity contribution in [3.05, 3.63) is 28.8 Å². The van der Waals surface area contributed by atoms with Gasteiger partial charge in [0.1, 0.15) is 5.75 Å². The summed E-state index contributed by atoms with van der Waals surface area (Å²) in [4.78, 5) is 11.9. The minimum absolute atomic E-state index is 0.102. The molecule has 4 nitrogen and oxygen atoms in total. The van der Waals surface area contributed by atoms with Crippen molar-refractivity contribution in [2.75, 3.05) is 6.54 Å². The molecule has 0 spiro atoms. The Morgan fingerprint density at radius 1 is 1.40 bits per heavy atom. The summed E-state index contributed by atoms with van der Waals surface area (Å²) >= 11 is 5.87. The van der Waals surface area contributed by atoms with Gasteiger partial charge in [-0.3, -0.25) is 4.79 Å². The third-order valence-corrected chi connectivity index (χ3v) is 3.30. The average Bonchev–Trinajstić information content (AvgIpc) is 2.38. The van der Waals surface area contributed by atoms with E-state index in [0.717, 1.165) is 5.56 Å². The summed E-state index contributed by atoms with van der Waals surface area (Å²) in [7, 11) is 0. The standard InChI is InChI=1S/C15H22ClNO3/c1-9(2)13(18)8-17-15(19)11(4)20-14-6-5-12(16)7-10(14)3/h5-7,9,11,13,18H,8H2,1-4H3,(H,17,19). The molecule has 20 heavy (non-hydrogen) atoms. The first-order valence-electron chi connectivity index (χ1n) is 6.70. The lowest BCUT2D eigenvalue weighted by molar-refractivity contribution is -0.127. The van der Waals surface area contributed by atoms with E-state index in [0.29, 0.717) is 10.8 Å². The van der Waals surface area contributed by atoms with Crippen molar-refractivity contribution in [2.24, 2.45) is 5.92 Å². The molecule has 0 aliphatic rings. The van der Waals surface area contributed by atoms with Gasteiger partial charge in [-0.15, -0.1) is 0 Å². The van der Waals surface area contributed by atoms with Crippen molar-refractivity contribution < 1.29 is 14.6 Å². The first-order chi connectivity index (χ1) is 9.31. The topological polar surface area (TPSA) is 58.6 Å². The number of aryl methyl sites for hydroxylation is 1. The second kappa shape index (κ2) is 7.50. The van der Waals surface area contributed by atoms with Crippen molar-refractivity contribution in [3.8, 4) is 5.75 Å². The van der Waals surface area contributed by atoms with Crippen LogP contribution in [0.1, 0.15) is 26.3 Å². The molecule has 0 saturated heterocycles. The maximum Gasteiger partial charge on any atom is 0.260 e. The van der Waals surface area contributed by atoms with E-state index in [1.807, 2.05) is 20.8 Å². The fourth-order valence-electron chi connectivity index (χ4n) is 1.57. The van der Waals surface area contributed by atoms with Gasteiger partial charge in [0, 0.05) is 11.6 Å². The number of aliphatic hydroxyl groups is 1. The van der Waals surface area contributed by atoms with E-state index >= 15 is 0 Å². The summed E-state index contributed by atoms with van der Waals surface area (Å²) in [6, 6.07) is 5.24. The predicted molar refractivity (Wildman–Crippen MR) is 80.1 cm³/mol. The summed E-state index contributed by atoms with van der Waals surface area (Å²) in [5, 5.41) is 13.0. The lowest BCUT2D eigenvalue weighted by atomic mass is 10.1. The number of carbonyl (C=O) groups is 1. The van der Waals surface area contributed by atoms with E-state index in [9.17, 15) is 9.90 Å². The van der Waals surface area contributed by atoms with E-state index < -0.39 is 12.2 Å². The van der Waals surface area contributed by atoms with Crippen LogP contribution in [0.15, 0.2) is 18.2 Å². The van der Waals surface area contributed by atoms with Crippen LogP contribution in [0.3, 0.4) is 0 Å². The highest BCUT2D eigenvalue weighted by atomic mass is 35.5. The molecule has 5 heteroatoms. The minimum Gasteiger partial charge on any atom is -0.481 e. The zero-order valence-corrected chi connectivity index (χ0v) is 13.1. The number of rotatable bonds is 6. The normalized spacial score (nSPS) is 13.9. The monoisotopic (exact) mass is 299 g/mol. The Balaban J connectivity index is 2.53. The Morgan fingerprint density at radius 3 is 2.60 bits per heavy atom. The Bertz CT molecular complexity index is 462. The van der Waals surface area contributed by atoms with Crippen LogP contribution in [0.2, 0.25) is 5.02 Å². The molecule has 1 aromatic rings. The highest BCUT2D eigenvalue weighted by Gasteiger charge is 2.17. The smallest absolute Gasteiger partial charge is 0.260 e. The number of nitrogens with one attached hydrogen (secondary N) is 1. The van der Waals surface area contributed by atoms with Crippen LogP contribution in [0, 0.1) is 12.8 Å². The second-order valence-corrected chi connectivity index (χ2v) is 5.66. The molecule has 112 valence electrons. The summed E-state index contributed by atoms with van der Waals surface area (Å²) in [6.07, 6.45) is -1.18.